The fourth-order valence-corrected chi connectivity index (χ4v) is 1.44. The highest BCUT2D eigenvalue weighted by Crippen LogP contribution is 2.23. The lowest BCUT2D eigenvalue weighted by molar-refractivity contribution is 0.194. The summed E-state index contributed by atoms with van der Waals surface area (Å²) in [7, 11) is 1.62. The van der Waals surface area contributed by atoms with Gasteiger partial charge in [-0.2, -0.15) is 0 Å². The average molecular weight is 209 g/mol. The van der Waals surface area contributed by atoms with Crippen molar-refractivity contribution in [1.29, 1.82) is 0 Å². The van der Waals surface area contributed by atoms with Gasteiger partial charge < -0.3 is 15.2 Å². The van der Waals surface area contributed by atoms with E-state index in [0.29, 0.717) is 6.54 Å². The number of hydrogen-bond donors (Lipinski definition) is 2. The van der Waals surface area contributed by atoms with Crippen molar-refractivity contribution in [2.75, 3.05) is 7.11 Å². The first kappa shape index (κ1) is 11.4. The van der Waals surface area contributed by atoms with Crippen molar-refractivity contribution in [2.45, 2.75) is 20.4 Å². The Bertz CT molecular complexity index is 374. The zero-order chi connectivity index (χ0) is 11.4. The Morgan fingerprint density at radius 2 is 2.07 bits per heavy atom. The van der Waals surface area contributed by atoms with Gasteiger partial charge in [0, 0.05) is 6.54 Å². The molecule has 0 heterocycles. The Labute approximate surface area is 88.9 Å². The molecular weight excluding hydrogens is 194 g/mol. The van der Waals surface area contributed by atoms with Gasteiger partial charge in [-0.05, 0) is 36.6 Å². The third kappa shape index (κ3) is 2.62. The van der Waals surface area contributed by atoms with E-state index >= 15 is 0 Å². The first-order valence-corrected chi connectivity index (χ1v) is 4.66. The van der Waals surface area contributed by atoms with E-state index in [4.69, 9.17) is 9.84 Å². The van der Waals surface area contributed by atoms with E-state index in [1.165, 1.54) is 0 Å². The van der Waals surface area contributed by atoms with Crippen molar-refractivity contribution >= 4 is 6.09 Å². The molecule has 4 heteroatoms. The second kappa shape index (κ2) is 4.68. The molecule has 0 saturated carbocycles. The minimum atomic E-state index is -1.01. The van der Waals surface area contributed by atoms with E-state index in [2.05, 4.69) is 5.32 Å². The Morgan fingerprint density at radius 3 is 2.60 bits per heavy atom. The molecule has 0 aliphatic heterocycles. The maximum atomic E-state index is 10.4. The van der Waals surface area contributed by atoms with Gasteiger partial charge in [-0.3, -0.25) is 0 Å². The van der Waals surface area contributed by atoms with E-state index in [0.717, 1.165) is 22.4 Å². The third-order valence-electron chi connectivity index (χ3n) is 2.50. The van der Waals surface area contributed by atoms with Gasteiger partial charge in [0.1, 0.15) is 5.75 Å². The van der Waals surface area contributed by atoms with Crippen LogP contribution in [0.3, 0.4) is 0 Å². The molecule has 0 aliphatic carbocycles. The van der Waals surface area contributed by atoms with Gasteiger partial charge in [-0.15, -0.1) is 0 Å². The van der Waals surface area contributed by atoms with E-state index in [1.54, 1.807) is 7.11 Å². The SMILES string of the molecule is COc1ccc(CNC(=O)O)c(C)c1C. The number of carbonyl (C=O) groups is 1. The number of hydrogen-bond acceptors (Lipinski definition) is 2. The number of methoxy groups -OCH3 is 1. The van der Waals surface area contributed by atoms with Gasteiger partial charge in [0.2, 0.25) is 0 Å². The number of rotatable bonds is 3. The number of benzene rings is 1. The molecule has 0 atom stereocenters. The molecule has 0 fully saturated rings. The summed E-state index contributed by atoms with van der Waals surface area (Å²) in [4.78, 5) is 10.4. The summed E-state index contributed by atoms with van der Waals surface area (Å²) in [5.74, 6) is 0.826. The van der Waals surface area contributed by atoms with Crippen LogP contribution < -0.4 is 10.1 Å². The molecule has 0 radical (unpaired) electrons. The molecule has 0 aliphatic rings. The van der Waals surface area contributed by atoms with E-state index in [-0.39, 0.29) is 0 Å². The molecule has 15 heavy (non-hydrogen) atoms. The maximum Gasteiger partial charge on any atom is 0.404 e. The Morgan fingerprint density at radius 1 is 1.40 bits per heavy atom. The molecule has 1 rings (SSSR count). The minimum Gasteiger partial charge on any atom is -0.496 e. The standard InChI is InChI=1S/C11H15NO3/c1-7-8(2)10(15-3)5-4-9(7)6-12-11(13)14/h4-5,12H,6H2,1-3H3,(H,13,14). The van der Waals surface area contributed by atoms with Gasteiger partial charge >= 0.3 is 6.09 Å². The normalized spacial score (nSPS) is 9.80. The Balaban J connectivity index is 2.91. The zero-order valence-corrected chi connectivity index (χ0v) is 9.13. The molecule has 0 saturated heterocycles. The fraction of sp³-hybridized carbons (Fsp3) is 0.364. The van der Waals surface area contributed by atoms with Crippen LogP contribution in [0, 0.1) is 13.8 Å². The molecular formula is C11H15NO3. The van der Waals surface area contributed by atoms with Crippen molar-refractivity contribution in [2.24, 2.45) is 0 Å². The van der Waals surface area contributed by atoms with Crippen molar-refractivity contribution in [3.05, 3.63) is 28.8 Å². The van der Waals surface area contributed by atoms with Crippen LogP contribution in [0.4, 0.5) is 4.79 Å². The van der Waals surface area contributed by atoms with Crippen LogP contribution >= 0.6 is 0 Å². The lowest BCUT2D eigenvalue weighted by Gasteiger charge is -2.12. The number of ether oxygens (including phenoxy) is 1. The first-order chi connectivity index (χ1) is 7.06. The summed E-state index contributed by atoms with van der Waals surface area (Å²) in [5.41, 5.74) is 3.07. The topological polar surface area (TPSA) is 58.6 Å². The van der Waals surface area contributed by atoms with Crippen LogP contribution in [0.25, 0.3) is 0 Å². The molecule has 2 N–H and O–H groups in total. The molecule has 1 aromatic rings. The molecule has 82 valence electrons. The lowest BCUT2D eigenvalue weighted by atomic mass is 10.0. The van der Waals surface area contributed by atoms with Crippen LogP contribution in [-0.4, -0.2) is 18.3 Å². The third-order valence-corrected chi connectivity index (χ3v) is 2.50. The average Bonchev–Trinajstić information content (AvgIpc) is 2.20. The minimum absolute atomic E-state index is 0.325. The molecule has 0 spiro atoms. The lowest BCUT2D eigenvalue weighted by Crippen LogP contribution is -2.20. The molecule has 0 aromatic heterocycles. The van der Waals surface area contributed by atoms with Crippen LogP contribution in [0.2, 0.25) is 0 Å². The van der Waals surface area contributed by atoms with Crippen LogP contribution in [0.15, 0.2) is 12.1 Å². The Kier molecular flexibility index (Phi) is 3.55. The molecule has 4 nitrogen and oxygen atoms in total. The fourth-order valence-electron chi connectivity index (χ4n) is 1.44. The van der Waals surface area contributed by atoms with Gasteiger partial charge in [0.25, 0.3) is 0 Å². The summed E-state index contributed by atoms with van der Waals surface area (Å²) in [6, 6.07) is 3.72. The molecule has 0 unspecified atom stereocenters. The highest BCUT2D eigenvalue weighted by Gasteiger charge is 2.06. The second-order valence-electron chi connectivity index (χ2n) is 3.34. The maximum absolute atomic E-state index is 10.4. The van der Waals surface area contributed by atoms with Crippen LogP contribution in [0.1, 0.15) is 16.7 Å². The highest BCUT2D eigenvalue weighted by molar-refractivity contribution is 5.64. The number of carboxylic acid groups (broad SMARTS) is 1. The van der Waals surface area contributed by atoms with Crippen molar-refractivity contribution < 1.29 is 14.6 Å². The largest absolute Gasteiger partial charge is 0.496 e. The quantitative estimate of drug-likeness (QED) is 0.801. The van der Waals surface area contributed by atoms with Crippen molar-refractivity contribution in [1.82, 2.24) is 5.32 Å². The Hall–Kier alpha value is -1.71. The summed E-state index contributed by atoms with van der Waals surface area (Å²) in [6.07, 6.45) is -1.01. The first-order valence-electron chi connectivity index (χ1n) is 4.66. The summed E-state index contributed by atoms with van der Waals surface area (Å²) >= 11 is 0. The number of nitrogens with one attached hydrogen (secondary N) is 1. The monoisotopic (exact) mass is 209 g/mol. The molecule has 1 aromatic carbocycles. The molecule has 0 bridgehead atoms. The van der Waals surface area contributed by atoms with Crippen LogP contribution in [-0.2, 0) is 6.54 Å². The summed E-state index contributed by atoms with van der Waals surface area (Å²) < 4.78 is 5.17. The highest BCUT2D eigenvalue weighted by atomic mass is 16.5. The van der Waals surface area contributed by atoms with Crippen molar-refractivity contribution in [3.8, 4) is 5.75 Å². The number of amides is 1. The van der Waals surface area contributed by atoms with E-state index in [1.807, 2.05) is 26.0 Å². The van der Waals surface area contributed by atoms with Gasteiger partial charge in [0.05, 0.1) is 7.11 Å². The predicted octanol–water partition coefficient (Wildman–Crippen LogP) is 2.08. The molecule has 1 amide bonds. The predicted molar refractivity (Wildman–Crippen MR) is 57.3 cm³/mol. The van der Waals surface area contributed by atoms with Crippen molar-refractivity contribution in [3.63, 3.8) is 0 Å². The zero-order valence-electron chi connectivity index (χ0n) is 9.13. The van der Waals surface area contributed by atoms with Gasteiger partial charge in [0.15, 0.2) is 0 Å². The van der Waals surface area contributed by atoms with Gasteiger partial charge in [-0.25, -0.2) is 4.79 Å². The van der Waals surface area contributed by atoms with E-state index in [9.17, 15) is 4.79 Å². The smallest absolute Gasteiger partial charge is 0.404 e. The second-order valence-corrected chi connectivity index (χ2v) is 3.34. The summed E-state index contributed by atoms with van der Waals surface area (Å²) in [5, 5.41) is 10.8. The van der Waals surface area contributed by atoms with E-state index < -0.39 is 6.09 Å². The summed E-state index contributed by atoms with van der Waals surface area (Å²) in [6.45, 7) is 4.24. The van der Waals surface area contributed by atoms with Crippen LogP contribution in [0.5, 0.6) is 5.75 Å². The van der Waals surface area contributed by atoms with Gasteiger partial charge in [-0.1, -0.05) is 6.07 Å².